The molecule has 0 fully saturated rings. The molecular weight excluding hydrogens is 466 g/mol. The van der Waals surface area contributed by atoms with Crippen LogP contribution in [0.25, 0.3) is 0 Å². The standard InChI is InChI=1S/C23H30ClN3O5S/c1-6-25-23(29)17(3)26(14-18-9-7-16(2)8-10-18)22(28)15-27(33(5,30)31)19-11-12-21(32-4)20(24)13-19/h7-13,17H,6,14-15H2,1-5H3,(H,25,29)/t17-/m0/s1. The molecule has 0 heterocycles. The predicted octanol–water partition coefficient (Wildman–Crippen LogP) is 2.98. The van der Waals surface area contributed by atoms with Crippen LogP contribution < -0.4 is 14.4 Å². The van der Waals surface area contributed by atoms with Gasteiger partial charge in [-0.25, -0.2) is 8.42 Å². The second-order valence-corrected chi connectivity index (χ2v) is 9.98. The first-order valence-corrected chi connectivity index (χ1v) is 12.6. The van der Waals surface area contributed by atoms with E-state index in [1.54, 1.807) is 13.8 Å². The summed E-state index contributed by atoms with van der Waals surface area (Å²) in [6.45, 7) is 5.43. The van der Waals surface area contributed by atoms with E-state index >= 15 is 0 Å². The number of aryl methyl sites for hydroxylation is 1. The van der Waals surface area contributed by atoms with Crippen molar-refractivity contribution in [2.75, 3.05) is 30.8 Å². The van der Waals surface area contributed by atoms with Gasteiger partial charge in [0.1, 0.15) is 18.3 Å². The first-order valence-electron chi connectivity index (χ1n) is 10.4. The number of hydrogen-bond acceptors (Lipinski definition) is 5. The number of ether oxygens (including phenoxy) is 1. The summed E-state index contributed by atoms with van der Waals surface area (Å²) in [6, 6.07) is 11.2. The number of hydrogen-bond donors (Lipinski definition) is 1. The van der Waals surface area contributed by atoms with Gasteiger partial charge in [-0.15, -0.1) is 0 Å². The largest absolute Gasteiger partial charge is 0.495 e. The summed E-state index contributed by atoms with van der Waals surface area (Å²) in [7, 11) is -2.38. The van der Waals surface area contributed by atoms with Crippen LogP contribution in [0.15, 0.2) is 42.5 Å². The molecule has 10 heteroatoms. The fourth-order valence-electron chi connectivity index (χ4n) is 3.22. The van der Waals surface area contributed by atoms with Crippen LogP contribution in [-0.4, -0.2) is 57.6 Å². The van der Waals surface area contributed by atoms with Gasteiger partial charge in [-0.05, 0) is 44.5 Å². The number of sulfonamides is 1. The maximum absolute atomic E-state index is 13.4. The molecule has 0 aliphatic carbocycles. The molecule has 180 valence electrons. The van der Waals surface area contributed by atoms with Crippen molar-refractivity contribution in [1.82, 2.24) is 10.2 Å². The lowest BCUT2D eigenvalue weighted by Gasteiger charge is -2.31. The fraction of sp³-hybridized carbons (Fsp3) is 0.391. The average molecular weight is 496 g/mol. The van der Waals surface area contributed by atoms with Crippen LogP contribution in [0.2, 0.25) is 5.02 Å². The number of rotatable bonds is 10. The Morgan fingerprint density at radius 2 is 1.79 bits per heavy atom. The Morgan fingerprint density at radius 3 is 2.30 bits per heavy atom. The summed E-state index contributed by atoms with van der Waals surface area (Å²) in [5, 5.41) is 2.93. The number of nitrogens with zero attached hydrogens (tertiary/aromatic N) is 2. The smallest absolute Gasteiger partial charge is 0.244 e. The molecule has 0 aromatic heterocycles. The minimum atomic E-state index is -3.83. The van der Waals surface area contributed by atoms with Gasteiger partial charge in [0, 0.05) is 13.1 Å². The summed E-state index contributed by atoms with van der Waals surface area (Å²) in [6.07, 6.45) is 1.01. The maximum atomic E-state index is 13.4. The number of likely N-dealkylation sites (N-methyl/N-ethyl adjacent to an activating group) is 1. The van der Waals surface area contributed by atoms with E-state index in [-0.39, 0.29) is 23.2 Å². The molecule has 8 nitrogen and oxygen atoms in total. The van der Waals surface area contributed by atoms with Crippen molar-refractivity contribution in [3.63, 3.8) is 0 Å². The van der Waals surface area contributed by atoms with Gasteiger partial charge in [-0.3, -0.25) is 13.9 Å². The number of amides is 2. The normalized spacial score (nSPS) is 12.1. The second kappa shape index (κ2) is 11.4. The first kappa shape index (κ1) is 26.5. The quantitative estimate of drug-likeness (QED) is 0.546. The van der Waals surface area contributed by atoms with Gasteiger partial charge in [-0.2, -0.15) is 0 Å². The Labute approximate surface area is 200 Å². The van der Waals surface area contributed by atoms with Crippen molar-refractivity contribution in [2.45, 2.75) is 33.4 Å². The van der Waals surface area contributed by atoms with Gasteiger partial charge in [0.15, 0.2) is 0 Å². The highest BCUT2D eigenvalue weighted by Crippen LogP contribution is 2.30. The van der Waals surface area contributed by atoms with E-state index in [9.17, 15) is 18.0 Å². The maximum Gasteiger partial charge on any atom is 0.244 e. The number of carbonyl (C=O) groups is 2. The van der Waals surface area contributed by atoms with E-state index in [4.69, 9.17) is 16.3 Å². The van der Waals surface area contributed by atoms with Crippen molar-refractivity contribution >= 4 is 39.1 Å². The molecule has 0 saturated carbocycles. The van der Waals surface area contributed by atoms with Crippen molar-refractivity contribution in [1.29, 1.82) is 0 Å². The molecule has 2 aromatic carbocycles. The Balaban J connectivity index is 2.39. The van der Waals surface area contributed by atoms with Crippen molar-refractivity contribution in [3.8, 4) is 5.75 Å². The molecule has 0 aliphatic rings. The fourth-order valence-corrected chi connectivity index (χ4v) is 4.31. The molecule has 0 aliphatic heterocycles. The monoisotopic (exact) mass is 495 g/mol. The Hall–Kier alpha value is -2.78. The van der Waals surface area contributed by atoms with Gasteiger partial charge in [0.05, 0.1) is 24.1 Å². The van der Waals surface area contributed by atoms with Crippen LogP contribution in [0, 0.1) is 6.92 Å². The molecule has 1 atom stereocenters. The van der Waals surface area contributed by atoms with Crippen LogP contribution in [-0.2, 0) is 26.2 Å². The number of halogens is 1. The van der Waals surface area contributed by atoms with Crippen LogP contribution in [0.5, 0.6) is 5.75 Å². The number of anilines is 1. The zero-order chi connectivity index (χ0) is 24.8. The summed E-state index contributed by atoms with van der Waals surface area (Å²) >= 11 is 6.17. The summed E-state index contributed by atoms with van der Waals surface area (Å²) < 4.78 is 31.2. The van der Waals surface area contributed by atoms with Gasteiger partial charge in [0.2, 0.25) is 21.8 Å². The van der Waals surface area contributed by atoms with Crippen molar-refractivity contribution in [3.05, 3.63) is 58.6 Å². The highest BCUT2D eigenvalue weighted by Gasteiger charge is 2.30. The highest BCUT2D eigenvalue weighted by atomic mass is 35.5. The zero-order valence-electron chi connectivity index (χ0n) is 19.5. The number of carbonyl (C=O) groups excluding carboxylic acids is 2. The SMILES string of the molecule is CCNC(=O)[C@H](C)N(Cc1ccc(C)cc1)C(=O)CN(c1ccc(OC)c(Cl)c1)S(C)(=O)=O. The summed E-state index contributed by atoms with van der Waals surface area (Å²) in [5.41, 5.74) is 2.11. The van der Waals surface area contributed by atoms with Crippen LogP contribution in [0.3, 0.4) is 0 Å². The Kier molecular flexibility index (Phi) is 9.13. The number of nitrogens with one attached hydrogen (secondary N) is 1. The molecule has 0 radical (unpaired) electrons. The third-order valence-electron chi connectivity index (χ3n) is 5.09. The second-order valence-electron chi connectivity index (χ2n) is 7.67. The van der Waals surface area contributed by atoms with Gasteiger partial charge in [0.25, 0.3) is 0 Å². The summed E-state index contributed by atoms with van der Waals surface area (Å²) in [4.78, 5) is 27.3. The molecule has 0 bridgehead atoms. The van der Waals surface area contributed by atoms with E-state index in [2.05, 4.69) is 5.32 Å². The minimum absolute atomic E-state index is 0.151. The van der Waals surface area contributed by atoms with Crippen molar-refractivity contribution in [2.24, 2.45) is 0 Å². The van der Waals surface area contributed by atoms with Gasteiger partial charge in [-0.1, -0.05) is 41.4 Å². The van der Waals surface area contributed by atoms with E-state index < -0.39 is 28.5 Å². The molecular formula is C23H30ClN3O5S. The lowest BCUT2D eigenvalue weighted by atomic mass is 10.1. The van der Waals surface area contributed by atoms with E-state index in [1.165, 1.54) is 30.2 Å². The average Bonchev–Trinajstić information content (AvgIpc) is 2.75. The van der Waals surface area contributed by atoms with Crippen LogP contribution >= 0.6 is 11.6 Å². The van der Waals surface area contributed by atoms with Crippen LogP contribution in [0.4, 0.5) is 5.69 Å². The van der Waals surface area contributed by atoms with Gasteiger partial charge >= 0.3 is 0 Å². The summed E-state index contributed by atoms with van der Waals surface area (Å²) in [5.74, 6) is -0.464. The highest BCUT2D eigenvalue weighted by molar-refractivity contribution is 7.92. The zero-order valence-corrected chi connectivity index (χ0v) is 21.0. The van der Waals surface area contributed by atoms with Crippen LogP contribution in [0.1, 0.15) is 25.0 Å². The first-order chi connectivity index (χ1) is 15.5. The topological polar surface area (TPSA) is 96.0 Å². The molecule has 1 N–H and O–H groups in total. The third kappa shape index (κ3) is 7.10. The number of benzene rings is 2. The molecule has 33 heavy (non-hydrogen) atoms. The third-order valence-corrected chi connectivity index (χ3v) is 6.53. The van der Waals surface area contributed by atoms with Gasteiger partial charge < -0.3 is 15.0 Å². The van der Waals surface area contributed by atoms with Crippen molar-refractivity contribution < 1.29 is 22.7 Å². The lowest BCUT2D eigenvalue weighted by Crippen LogP contribution is -2.51. The van der Waals surface area contributed by atoms with E-state index in [0.717, 1.165) is 21.7 Å². The molecule has 2 amide bonds. The lowest BCUT2D eigenvalue weighted by molar-refractivity contribution is -0.139. The Bertz CT molecular complexity index is 1090. The van der Waals surface area contributed by atoms with E-state index in [0.29, 0.717) is 12.3 Å². The molecule has 2 rings (SSSR count). The molecule has 2 aromatic rings. The number of methoxy groups -OCH3 is 1. The minimum Gasteiger partial charge on any atom is -0.495 e. The van der Waals surface area contributed by atoms with E-state index in [1.807, 2.05) is 31.2 Å². The molecule has 0 unspecified atom stereocenters. The molecule has 0 saturated heterocycles. The Morgan fingerprint density at radius 1 is 1.15 bits per heavy atom. The molecule has 0 spiro atoms. The predicted molar refractivity (Wildman–Crippen MR) is 130 cm³/mol.